The number of amides is 2. The molecular weight excluding hydrogens is 252 g/mol. The minimum Gasteiger partial charge on any atom is -0.478 e. The average Bonchev–Trinajstić information content (AvgIpc) is 2.82. The van der Waals surface area contributed by atoms with Gasteiger partial charge in [0.2, 0.25) is 0 Å². The van der Waals surface area contributed by atoms with Crippen molar-refractivity contribution in [3.8, 4) is 0 Å². The number of hydrogen-bond acceptors (Lipinski definition) is 3. The maximum atomic E-state index is 11.6. The van der Waals surface area contributed by atoms with Crippen molar-refractivity contribution in [1.29, 1.82) is 0 Å². The lowest BCUT2D eigenvalue weighted by molar-refractivity contribution is 0.0698. The van der Waals surface area contributed by atoms with Crippen LogP contribution in [-0.4, -0.2) is 17.1 Å². The lowest BCUT2D eigenvalue weighted by Crippen LogP contribution is -2.20. The van der Waals surface area contributed by atoms with E-state index >= 15 is 0 Å². The lowest BCUT2D eigenvalue weighted by Gasteiger charge is -2.08. The van der Waals surface area contributed by atoms with Gasteiger partial charge >= 0.3 is 12.0 Å². The van der Waals surface area contributed by atoms with Gasteiger partial charge in [0.15, 0.2) is 0 Å². The number of carboxylic acid groups (broad SMARTS) is 1. The summed E-state index contributed by atoms with van der Waals surface area (Å²) in [7, 11) is 0. The molecule has 18 heavy (non-hydrogen) atoms. The Bertz CT molecular complexity index is 566. The molecular formula is C12H10N2O3S. The van der Waals surface area contributed by atoms with Crippen LogP contribution in [0.5, 0.6) is 0 Å². The second kappa shape index (κ2) is 5.33. The summed E-state index contributed by atoms with van der Waals surface area (Å²) >= 11 is 1.46. The fraction of sp³-hybridized carbons (Fsp3) is 0. The molecule has 0 aliphatic heterocycles. The molecule has 1 aromatic carbocycles. The first kappa shape index (κ1) is 12.1. The first-order valence-corrected chi connectivity index (χ1v) is 6.03. The average molecular weight is 262 g/mol. The summed E-state index contributed by atoms with van der Waals surface area (Å²) in [6, 6.07) is 7.52. The number of hydrogen-bond donors (Lipinski definition) is 3. The third-order valence-corrected chi connectivity index (χ3v) is 2.87. The van der Waals surface area contributed by atoms with Crippen molar-refractivity contribution in [2.24, 2.45) is 0 Å². The molecule has 1 aromatic heterocycles. The van der Waals surface area contributed by atoms with Crippen molar-refractivity contribution in [3.63, 3.8) is 0 Å². The molecule has 5 nitrogen and oxygen atoms in total. The van der Waals surface area contributed by atoms with E-state index < -0.39 is 12.0 Å². The largest absolute Gasteiger partial charge is 0.478 e. The monoisotopic (exact) mass is 262 g/mol. The van der Waals surface area contributed by atoms with E-state index in [-0.39, 0.29) is 11.3 Å². The van der Waals surface area contributed by atoms with Crippen LogP contribution in [0.15, 0.2) is 41.1 Å². The van der Waals surface area contributed by atoms with Gasteiger partial charge in [0, 0.05) is 5.38 Å². The highest BCUT2D eigenvalue weighted by Gasteiger charge is 2.11. The van der Waals surface area contributed by atoms with Gasteiger partial charge < -0.3 is 15.7 Å². The number of carbonyl (C=O) groups is 2. The van der Waals surface area contributed by atoms with E-state index in [0.29, 0.717) is 5.69 Å². The maximum absolute atomic E-state index is 11.6. The molecule has 2 aromatic rings. The summed E-state index contributed by atoms with van der Waals surface area (Å²) < 4.78 is 0. The molecule has 2 amide bonds. The second-order valence-corrected chi connectivity index (χ2v) is 4.22. The van der Waals surface area contributed by atoms with Gasteiger partial charge in [0.05, 0.1) is 16.9 Å². The van der Waals surface area contributed by atoms with Crippen LogP contribution in [0.3, 0.4) is 0 Å². The molecule has 0 spiro atoms. The number of thiophene rings is 1. The van der Waals surface area contributed by atoms with Crippen LogP contribution in [0.25, 0.3) is 0 Å². The molecule has 0 unspecified atom stereocenters. The second-order valence-electron chi connectivity index (χ2n) is 3.44. The van der Waals surface area contributed by atoms with E-state index in [0.717, 1.165) is 0 Å². The number of carbonyl (C=O) groups excluding carboxylic acids is 1. The van der Waals surface area contributed by atoms with Gasteiger partial charge in [-0.3, -0.25) is 0 Å². The Balaban J connectivity index is 2.09. The molecule has 2 rings (SSSR count). The van der Waals surface area contributed by atoms with Gasteiger partial charge in [-0.25, -0.2) is 9.59 Å². The van der Waals surface area contributed by atoms with Crippen LogP contribution < -0.4 is 10.6 Å². The molecule has 92 valence electrons. The Labute approximate surface area is 107 Å². The SMILES string of the molecule is O=C(Nc1ccsc1)Nc1ccccc1C(=O)O. The number of anilines is 2. The molecule has 0 radical (unpaired) electrons. The Morgan fingerprint density at radius 1 is 1.11 bits per heavy atom. The van der Waals surface area contributed by atoms with Crippen molar-refractivity contribution in [3.05, 3.63) is 46.7 Å². The molecule has 0 aliphatic rings. The van der Waals surface area contributed by atoms with E-state index in [4.69, 9.17) is 5.11 Å². The Morgan fingerprint density at radius 3 is 2.56 bits per heavy atom. The zero-order chi connectivity index (χ0) is 13.0. The third kappa shape index (κ3) is 2.86. The highest BCUT2D eigenvalue weighted by Crippen LogP contribution is 2.16. The summed E-state index contributed by atoms with van der Waals surface area (Å²) in [6.07, 6.45) is 0. The summed E-state index contributed by atoms with van der Waals surface area (Å²) in [5, 5.41) is 17.7. The fourth-order valence-electron chi connectivity index (χ4n) is 1.40. The molecule has 0 saturated heterocycles. The Morgan fingerprint density at radius 2 is 1.89 bits per heavy atom. The standard InChI is InChI=1S/C12H10N2O3S/c15-11(16)9-3-1-2-4-10(9)14-12(17)13-8-5-6-18-7-8/h1-7H,(H,15,16)(H2,13,14,17). The molecule has 6 heteroatoms. The van der Waals surface area contributed by atoms with Gasteiger partial charge in [-0.15, -0.1) is 0 Å². The topological polar surface area (TPSA) is 78.4 Å². The molecule has 0 bridgehead atoms. The van der Waals surface area contributed by atoms with E-state index in [1.165, 1.54) is 23.5 Å². The quantitative estimate of drug-likeness (QED) is 0.795. The minimum absolute atomic E-state index is 0.0537. The zero-order valence-corrected chi connectivity index (χ0v) is 10.0. The molecule has 3 N–H and O–H groups in total. The predicted molar refractivity (Wildman–Crippen MR) is 70.4 cm³/mol. The smallest absolute Gasteiger partial charge is 0.337 e. The van der Waals surface area contributed by atoms with Crippen molar-refractivity contribution in [2.75, 3.05) is 10.6 Å². The molecule has 0 saturated carbocycles. The van der Waals surface area contributed by atoms with Crippen molar-refractivity contribution >= 4 is 34.7 Å². The fourth-order valence-corrected chi connectivity index (χ4v) is 1.99. The van der Waals surface area contributed by atoms with Crippen LogP contribution in [0.2, 0.25) is 0 Å². The van der Waals surface area contributed by atoms with Crippen LogP contribution >= 0.6 is 11.3 Å². The van der Waals surface area contributed by atoms with Gasteiger partial charge in [-0.2, -0.15) is 11.3 Å². The van der Waals surface area contributed by atoms with E-state index in [1.54, 1.807) is 23.6 Å². The normalized spacial score (nSPS) is 9.78. The van der Waals surface area contributed by atoms with Crippen molar-refractivity contribution in [1.82, 2.24) is 0 Å². The summed E-state index contributed by atoms with van der Waals surface area (Å²) in [5.74, 6) is -1.08. The molecule has 0 atom stereocenters. The first-order valence-electron chi connectivity index (χ1n) is 5.09. The first-order chi connectivity index (χ1) is 8.66. The predicted octanol–water partition coefficient (Wildman–Crippen LogP) is 3.09. The highest BCUT2D eigenvalue weighted by molar-refractivity contribution is 7.08. The Kier molecular flexibility index (Phi) is 3.59. The number of para-hydroxylation sites is 1. The van der Waals surface area contributed by atoms with E-state index in [9.17, 15) is 9.59 Å². The summed E-state index contributed by atoms with van der Waals surface area (Å²) in [5.41, 5.74) is 0.987. The number of aromatic carboxylic acids is 1. The number of rotatable bonds is 3. The Hall–Kier alpha value is -2.34. The third-order valence-electron chi connectivity index (χ3n) is 2.18. The summed E-state index contributed by atoms with van der Waals surface area (Å²) in [4.78, 5) is 22.6. The van der Waals surface area contributed by atoms with Gasteiger partial charge in [0.25, 0.3) is 0 Å². The maximum Gasteiger partial charge on any atom is 0.337 e. The van der Waals surface area contributed by atoms with Gasteiger partial charge in [0.1, 0.15) is 0 Å². The van der Waals surface area contributed by atoms with Crippen LogP contribution in [0.1, 0.15) is 10.4 Å². The van der Waals surface area contributed by atoms with Crippen molar-refractivity contribution in [2.45, 2.75) is 0 Å². The van der Waals surface area contributed by atoms with Crippen LogP contribution in [-0.2, 0) is 0 Å². The summed E-state index contributed by atoms with van der Waals surface area (Å²) in [6.45, 7) is 0. The van der Waals surface area contributed by atoms with Gasteiger partial charge in [-0.05, 0) is 23.6 Å². The molecule has 0 fully saturated rings. The van der Waals surface area contributed by atoms with E-state index in [1.807, 2.05) is 5.38 Å². The van der Waals surface area contributed by atoms with Crippen LogP contribution in [0, 0.1) is 0 Å². The van der Waals surface area contributed by atoms with Crippen LogP contribution in [0.4, 0.5) is 16.2 Å². The van der Waals surface area contributed by atoms with Gasteiger partial charge in [-0.1, -0.05) is 12.1 Å². The van der Waals surface area contributed by atoms with Crippen molar-refractivity contribution < 1.29 is 14.7 Å². The number of carboxylic acids is 1. The number of nitrogens with one attached hydrogen (secondary N) is 2. The van der Waals surface area contributed by atoms with E-state index in [2.05, 4.69) is 10.6 Å². The highest BCUT2D eigenvalue weighted by atomic mass is 32.1. The molecule has 1 heterocycles. The minimum atomic E-state index is -1.08. The number of benzene rings is 1. The molecule has 0 aliphatic carbocycles. The lowest BCUT2D eigenvalue weighted by atomic mass is 10.2. The zero-order valence-electron chi connectivity index (χ0n) is 9.21. The number of urea groups is 1.